The summed E-state index contributed by atoms with van der Waals surface area (Å²) in [6.07, 6.45) is 8.64. The van der Waals surface area contributed by atoms with Gasteiger partial charge >= 0.3 is 5.95 Å². The van der Waals surface area contributed by atoms with Crippen LogP contribution in [-0.2, 0) is 16.0 Å². The standard InChI is InChI=1S/C18H30N4O5/c23-11-6-15-4-8-20(9-5-15)13-16(27-17-3-1-2-12-26-17)14-21-10-7-19-18(21)22(24)25/h7,10,15-17,23H,1-6,8-9,11-14H2. The Morgan fingerprint density at radius 1 is 1.33 bits per heavy atom. The Bertz CT molecular complexity index is 582. The van der Waals surface area contributed by atoms with Crippen LogP contribution in [0.1, 0.15) is 38.5 Å². The van der Waals surface area contributed by atoms with Crippen molar-refractivity contribution in [2.45, 2.75) is 57.5 Å². The van der Waals surface area contributed by atoms with Gasteiger partial charge in [-0.2, -0.15) is 0 Å². The number of nitrogens with zero attached hydrogens (tertiary/aromatic N) is 4. The summed E-state index contributed by atoms with van der Waals surface area (Å²) in [6, 6.07) is 0. The summed E-state index contributed by atoms with van der Waals surface area (Å²) in [5, 5.41) is 20.3. The predicted octanol–water partition coefficient (Wildman–Crippen LogP) is 1.80. The van der Waals surface area contributed by atoms with Crippen LogP contribution >= 0.6 is 0 Å². The summed E-state index contributed by atoms with van der Waals surface area (Å²) in [5.74, 6) is 0.428. The molecule has 0 aliphatic carbocycles. The third-order valence-corrected chi connectivity index (χ3v) is 5.45. The average Bonchev–Trinajstić information content (AvgIpc) is 3.13. The number of aliphatic hydroxyl groups is 1. The van der Waals surface area contributed by atoms with Crippen molar-refractivity contribution < 1.29 is 19.5 Å². The number of rotatable bonds is 9. The molecule has 0 saturated carbocycles. The minimum Gasteiger partial charge on any atom is -0.396 e. The van der Waals surface area contributed by atoms with E-state index in [9.17, 15) is 10.1 Å². The van der Waals surface area contributed by atoms with E-state index in [1.807, 2.05) is 0 Å². The van der Waals surface area contributed by atoms with Gasteiger partial charge in [0.25, 0.3) is 0 Å². The molecule has 0 radical (unpaired) electrons. The Balaban J connectivity index is 1.60. The van der Waals surface area contributed by atoms with Crippen LogP contribution in [0.15, 0.2) is 12.4 Å². The van der Waals surface area contributed by atoms with Crippen molar-refractivity contribution in [2.75, 3.05) is 32.8 Å². The van der Waals surface area contributed by atoms with Crippen LogP contribution in [0.25, 0.3) is 0 Å². The molecule has 1 aromatic rings. The van der Waals surface area contributed by atoms with Crippen molar-refractivity contribution >= 4 is 5.95 Å². The third-order valence-electron chi connectivity index (χ3n) is 5.45. The average molecular weight is 382 g/mol. The van der Waals surface area contributed by atoms with E-state index in [0.717, 1.165) is 51.6 Å². The van der Waals surface area contributed by atoms with E-state index in [-0.39, 0.29) is 24.9 Å². The third kappa shape index (κ3) is 5.97. The van der Waals surface area contributed by atoms with Crippen molar-refractivity contribution in [2.24, 2.45) is 5.92 Å². The van der Waals surface area contributed by atoms with Gasteiger partial charge in [0.15, 0.2) is 6.29 Å². The first-order chi connectivity index (χ1) is 13.2. The van der Waals surface area contributed by atoms with Crippen LogP contribution < -0.4 is 0 Å². The highest BCUT2D eigenvalue weighted by Gasteiger charge is 2.27. The Kier molecular flexibility index (Phi) is 7.57. The summed E-state index contributed by atoms with van der Waals surface area (Å²) in [4.78, 5) is 16.9. The minimum absolute atomic E-state index is 0.158. The van der Waals surface area contributed by atoms with Gasteiger partial charge in [-0.25, -0.2) is 4.57 Å². The second kappa shape index (κ2) is 10.1. The Morgan fingerprint density at radius 3 is 2.81 bits per heavy atom. The molecule has 27 heavy (non-hydrogen) atoms. The molecule has 2 aliphatic heterocycles. The number of aliphatic hydroxyl groups excluding tert-OH is 1. The molecule has 152 valence electrons. The lowest BCUT2D eigenvalue weighted by molar-refractivity contribution is -0.397. The first-order valence-electron chi connectivity index (χ1n) is 9.91. The normalized spacial score (nSPS) is 23.4. The van der Waals surface area contributed by atoms with E-state index < -0.39 is 4.92 Å². The molecule has 9 nitrogen and oxygen atoms in total. The highest BCUT2D eigenvalue weighted by atomic mass is 16.7. The minimum atomic E-state index is -0.464. The highest BCUT2D eigenvalue weighted by molar-refractivity contribution is 5.06. The van der Waals surface area contributed by atoms with Crippen LogP contribution in [0.5, 0.6) is 0 Å². The van der Waals surface area contributed by atoms with E-state index >= 15 is 0 Å². The summed E-state index contributed by atoms with van der Waals surface area (Å²) < 4.78 is 13.5. The Hall–Kier alpha value is -1.55. The van der Waals surface area contributed by atoms with Gasteiger partial charge in [0.2, 0.25) is 0 Å². The molecule has 2 aliphatic rings. The van der Waals surface area contributed by atoms with E-state index in [4.69, 9.17) is 14.6 Å². The predicted molar refractivity (Wildman–Crippen MR) is 98.2 cm³/mol. The second-order valence-corrected chi connectivity index (χ2v) is 7.45. The molecular formula is C18H30N4O5. The molecule has 2 fully saturated rings. The molecule has 2 saturated heterocycles. The van der Waals surface area contributed by atoms with Gasteiger partial charge in [-0.15, -0.1) is 0 Å². The monoisotopic (exact) mass is 382 g/mol. The van der Waals surface area contributed by atoms with Crippen LogP contribution in [0.2, 0.25) is 0 Å². The SMILES string of the molecule is O=[N+]([O-])c1nccn1CC(CN1CCC(CCO)CC1)OC1CCCCO1. The first kappa shape index (κ1) is 20.2. The topological polar surface area (TPSA) is 103 Å². The van der Waals surface area contributed by atoms with Crippen molar-refractivity contribution in [3.8, 4) is 0 Å². The summed E-state index contributed by atoms with van der Waals surface area (Å²) in [7, 11) is 0. The maximum Gasteiger partial charge on any atom is 0.434 e. The fourth-order valence-corrected chi connectivity index (χ4v) is 3.94. The van der Waals surface area contributed by atoms with Crippen LogP contribution in [0.3, 0.4) is 0 Å². The molecule has 0 aromatic carbocycles. The van der Waals surface area contributed by atoms with Gasteiger partial charge in [-0.05, 0) is 62.5 Å². The fraction of sp³-hybridized carbons (Fsp3) is 0.833. The van der Waals surface area contributed by atoms with Gasteiger partial charge in [-0.1, -0.05) is 4.98 Å². The number of likely N-dealkylation sites (tertiary alicyclic amines) is 1. The number of hydrogen-bond donors (Lipinski definition) is 1. The van der Waals surface area contributed by atoms with Crippen molar-refractivity contribution in [3.63, 3.8) is 0 Å². The van der Waals surface area contributed by atoms with E-state index in [0.29, 0.717) is 25.6 Å². The molecule has 3 rings (SSSR count). The van der Waals surface area contributed by atoms with Gasteiger partial charge in [-0.3, -0.25) is 0 Å². The highest BCUT2D eigenvalue weighted by Crippen LogP contribution is 2.22. The summed E-state index contributed by atoms with van der Waals surface area (Å²) >= 11 is 0. The van der Waals surface area contributed by atoms with Gasteiger partial charge in [0.05, 0.1) is 6.54 Å². The molecular weight excluding hydrogens is 352 g/mol. The number of ether oxygens (including phenoxy) is 2. The number of aromatic nitrogens is 2. The fourth-order valence-electron chi connectivity index (χ4n) is 3.94. The molecule has 2 atom stereocenters. The molecule has 9 heteroatoms. The molecule has 0 spiro atoms. The Morgan fingerprint density at radius 2 is 2.15 bits per heavy atom. The zero-order valence-electron chi connectivity index (χ0n) is 15.7. The summed E-state index contributed by atoms with van der Waals surface area (Å²) in [6.45, 7) is 3.97. The van der Waals surface area contributed by atoms with Crippen molar-refractivity contribution in [1.82, 2.24) is 14.5 Å². The maximum atomic E-state index is 11.2. The first-order valence-corrected chi connectivity index (χ1v) is 9.91. The zero-order valence-corrected chi connectivity index (χ0v) is 15.7. The van der Waals surface area contributed by atoms with E-state index in [2.05, 4.69) is 9.88 Å². The molecule has 0 bridgehead atoms. The molecule has 3 heterocycles. The van der Waals surface area contributed by atoms with E-state index in [1.165, 1.54) is 6.20 Å². The van der Waals surface area contributed by atoms with Crippen LogP contribution in [-0.4, -0.2) is 69.7 Å². The van der Waals surface area contributed by atoms with Crippen molar-refractivity contribution in [1.29, 1.82) is 0 Å². The second-order valence-electron chi connectivity index (χ2n) is 7.45. The number of nitro groups is 1. The van der Waals surface area contributed by atoms with E-state index in [1.54, 1.807) is 10.8 Å². The Labute approximate surface area is 159 Å². The van der Waals surface area contributed by atoms with Gasteiger partial charge < -0.3 is 29.6 Å². The largest absolute Gasteiger partial charge is 0.434 e. The number of piperidine rings is 1. The lowest BCUT2D eigenvalue weighted by atomic mass is 9.94. The summed E-state index contributed by atoms with van der Waals surface area (Å²) in [5.41, 5.74) is 0. The van der Waals surface area contributed by atoms with Gasteiger partial charge in [0, 0.05) is 19.8 Å². The lowest BCUT2D eigenvalue weighted by Gasteiger charge is -2.35. The molecule has 1 aromatic heterocycles. The number of hydrogen-bond acceptors (Lipinski definition) is 7. The molecule has 2 unspecified atom stereocenters. The van der Waals surface area contributed by atoms with Crippen molar-refractivity contribution in [3.05, 3.63) is 22.5 Å². The number of imidazole rings is 1. The van der Waals surface area contributed by atoms with Gasteiger partial charge in [0.1, 0.15) is 18.5 Å². The molecule has 1 N–H and O–H groups in total. The maximum absolute atomic E-state index is 11.2. The quantitative estimate of drug-likeness (QED) is 0.513. The molecule has 0 amide bonds. The van der Waals surface area contributed by atoms with Crippen LogP contribution in [0.4, 0.5) is 5.95 Å². The zero-order chi connectivity index (χ0) is 19.1. The smallest absolute Gasteiger partial charge is 0.396 e. The van der Waals surface area contributed by atoms with Crippen LogP contribution in [0, 0.1) is 16.0 Å². The lowest BCUT2D eigenvalue weighted by Crippen LogP contribution is -2.43.